The van der Waals surface area contributed by atoms with Gasteiger partial charge in [-0.1, -0.05) is 157 Å². The Morgan fingerprint density at radius 2 is 0.758 bits per heavy atom. The van der Waals surface area contributed by atoms with Gasteiger partial charge in [-0.15, -0.1) is 0 Å². The fourth-order valence-corrected chi connectivity index (χ4v) is 8.36. The molecule has 0 bridgehead atoms. The van der Waals surface area contributed by atoms with E-state index in [0.29, 0.717) is 43.4 Å². The zero-order chi connectivity index (χ0) is 43.2. The van der Waals surface area contributed by atoms with Crippen molar-refractivity contribution in [2.24, 2.45) is 0 Å². The molecule has 2 atom stereocenters. The van der Waals surface area contributed by atoms with E-state index in [1.165, 1.54) is 0 Å². The fraction of sp³-hybridized carbons (Fsp3) is 0.113. The molecule has 0 aromatic heterocycles. The van der Waals surface area contributed by atoms with Crippen LogP contribution in [-0.2, 0) is 0 Å². The summed E-state index contributed by atoms with van der Waals surface area (Å²) >= 11 is 12.6. The highest BCUT2D eigenvalue weighted by molar-refractivity contribution is 6.31. The number of β-amino-alcohol motifs (C(OH)–C–C–N with tert-alkyl or cyclic N) is 2. The molecule has 7 nitrogen and oxygen atoms in total. The summed E-state index contributed by atoms with van der Waals surface area (Å²) in [6.07, 6.45) is 7.50. The molecule has 0 amide bonds. The van der Waals surface area contributed by atoms with Crippen molar-refractivity contribution in [2.75, 3.05) is 26.3 Å². The maximum atomic E-state index is 14.2. The Hall–Kier alpha value is -6.61. The number of aliphatic hydroxyl groups excluding tert-OH is 2. The molecule has 0 spiro atoms. The quantitative estimate of drug-likeness (QED) is 0.105. The van der Waals surface area contributed by atoms with E-state index in [1.54, 1.807) is 85.2 Å². The van der Waals surface area contributed by atoms with E-state index in [4.69, 9.17) is 23.2 Å². The molecular weight excluding hydrogens is 815 g/mol. The lowest BCUT2D eigenvalue weighted by Crippen LogP contribution is -2.26. The Bertz CT molecular complexity index is 2520. The summed E-state index contributed by atoms with van der Waals surface area (Å²) in [5, 5.41) is 21.0. The van der Waals surface area contributed by atoms with Crippen LogP contribution in [0.5, 0.6) is 0 Å². The lowest BCUT2D eigenvalue weighted by molar-refractivity contribution is 0.101. The largest absolute Gasteiger partial charge is 0.395 e. The molecule has 2 N–H and O–H groups in total. The van der Waals surface area contributed by atoms with Crippen LogP contribution in [0.1, 0.15) is 70.7 Å². The summed E-state index contributed by atoms with van der Waals surface area (Å²) in [6.45, 7) is 0.336. The number of allylic oxidation sites excluding steroid dienone is 4. The summed E-state index contributed by atoms with van der Waals surface area (Å²) in [7, 11) is 0. The number of halogens is 2. The van der Waals surface area contributed by atoms with Crippen LogP contribution < -0.4 is 0 Å². The molecule has 2 unspecified atom stereocenters. The van der Waals surface area contributed by atoms with Gasteiger partial charge in [-0.05, 0) is 57.7 Å². The van der Waals surface area contributed by atoms with E-state index in [-0.39, 0.29) is 43.7 Å². The van der Waals surface area contributed by atoms with Crippen LogP contribution in [-0.4, -0.2) is 63.7 Å². The van der Waals surface area contributed by atoms with Gasteiger partial charge in [0.15, 0.2) is 17.3 Å². The first-order valence-electron chi connectivity index (χ1n) is 20.3. The second-order valence-corrected chi connectivity index (χ2v) is 16.0. The molecule has 2 aliphatic rings. The van der Waals surface area contributed by atoms with Crippen molar-refractivity contribution in [3.8, 4) is 0 Å². The molecule has 0 radical (unpaired) electrons. The topological polar surface area (TPSA) is 98.2 Å². The summed E-state index contributed by atoms with van der Waals surface area (Å²) in [6, 6.07) is 47.8. The average molecular weight is 858 g/mol. The fourth-order valence-electron chi connectivity index (χ4n) is 8.11. The first-order valence-corrected chi connectivity index (χ1v) is 21.0. The summed E-state index contributed by atoms with van der Waals surface area (Å²) in [4.78, 5) is 46.1. The van der Waals surface area contributed by atoms with Crippen molar-refractivity contribution < 1.29 is 24.6 Å². The van der Waals surface area contributed by atoms with Gasteiger partial charge in [0, 0.05) is 93.2 Å². The van der Waals surface area contributed by atoms with Crippen molar-refractivity contribution >= 4 is 51.7 Å². The number of benzene rings is 6. The minimum absolute atomic E-state index is 0.116. The second kappa shape index (κ2) is 19.0. The van der Waals surface area contributed by atoms with Gasteiger partial charge in [0.05, 0.1) is 13.2 Å². The first-order chi connectivity index (χ1) is 30.2. The number of nitrogens with zero attached hydrogens (tertiary/aromatic N) is 2. The Balaban J connectivity index is 1.10. The van der Waals surface area contributed by atoms with Crippen molar-refractivity contribution in [3.05, 3.63) is 248 Å². The molecule has 308 valence electrons. The Morgan fingerprint density at radius 3 is 1.10 bits per heavy atom. The molecule has 0 saturated carbocycles. The van der Waals surface area contributed by atoms with Gasteiger partial charge >= 0.3 is 0 Å². The molecule has 0 saturated heterocycles. The lowest BCUT2D eigenvalue weighted by Gasteiger charge is -2.32. The third-order valence-corrected chi connectivity index (χ3v) is 11.6. The molecule has 0 aliphatic carbocycles. The predicted octanol–water partition coefficient (Wildman–Crippen LogP) is 10.6. The molecule has 62 heavy (non-hydrogen) atoms. The maximum absolute atomic E-state index is 14.2. The SMILES string of the molecule is O=C(C1=CN(CCO)C=C(c2ccc(C(=O)c3ccc(C4=CN(CCO)C=C(C(=O)c5ccccc5)C4c4ccc(Cl)cc4)cc3)cc2)C1c1ccc(Cl)cc1)c1ccccc1. The number of hydrogen-bond acceptors (Lipinski definition) is 7. The van der Waals surface area contributed by atoms with Crippen LogP contribution in [0.25, 0.3) is 11.1 Å². The van der Waals surface area contributed by atoms with Crippen molar-refractivity contribution in [3.63, 3.8) is 0 Å². The van der Waals surface area contributed by atoms with Gasteiger partial charge in [0.25, 0.3) is 0 Å². The van der Waals surface area contributed by atoms with Crippen LogP contribution in [0.3, 0.4) is 0 Å². The normalized spacial score (nSPS) is 16.2. The molecule has 2 aliphatic heterocycles. The summed E-state index contributed by atoms with van der Waals surface area (Å²) in [5.41, 5.74) is 8.18. The number of aliphatic hydroxyl groups is 2. The van der Waals surface area contributed by atoms with E-state index in [9.17, 15) is 24.6 Å². The molecule has 0 fully saturated rings. The van der Waals surface area contributed by atoms with E-state index in [2.05, 4.69) is 0 Å². The summed E-state index contributed by atoms with van der Waals surface area (Å²) < 4.78 is 0. The van der Waals surface area contributed by atoms with Gasteiger partial charge in [-0.25, -0.2) is 0 Å². The van der Waals surface area contributed by atoms with Crippen molar-refractivity contribution in [2.45, 2.75) is 11.8 Å². The van der Waals surface area contributed by atoms with Gasteiger partial charge in [-0.2, -0.15) is 0 Å². The minimum Gasteiger partial charge on any atom is -0.395 e. The second-order valence-electron chi connectivity index (χ2n) is 15.1. The molecule has 2 heterocycles. The lowest BCUT2D eigenvalue weighted by atomic mass is 9.77. The number of carbonyl (C=O) groups is 3. The Kier molecular flexibility index (Phi) is 12.9. The van der Waals surface area contributed by atoms with Crippen LogP contribution in [0.2, 0.25) is 10.0 Å². The number of carbonyl (C=O) groups excluding carboxylic acids is 3. The Labute approximate surface area is 370 Å². The minimum atomic E-state index is -0.457. The van der Waals surface area contributed by atoms with Gasteiger partial charge in [0.1, 0.15) is 0 Å². The standard InChI is InChI=1S/C53H42Cl2N2O5/c54-43-23-19-37(20-24-43)49-45(31-56(27-29-58)33-47(49)52(61)39-7-3-1-4-8-39)35-11-15-41(16-12-35)51(60)42-17-13-36(14-18-42)46-32-57(28-30-59)34-48(53(62)40-9-5-2-6-10-40)50(46)38-21-25-44(55)26-22-38/h1-26,31-34,49-50,58-59H,27-30H2. The highest BCUT2D eigenvalue weighted by Gasteiger charge is 2.34. The third kappa shape index (κ3) is 9.03. The summed E-state index contributed by atoms with van der Waals surface area (Å²) in [5.74, 6) is -1.35. The van der Waals surface area contributed by atoms with Crippen molar-refractivity contribution in [1.29, 1.82) is 0 Å². The van der Waals surface area contributed by atoms with E-state index >= 15 is 0 Å². The smallest absolute Gasteiger partial charge is 0.193 e. The molecule has 9 heteroatoms. The third-order valence-electron chi connectivity index (χ3n) is 11.1. The molecule has 6 aromatic rings. The molecule has 6 aromatic carbocycles. The van der Waals surface area contributed by atoms with Gasteiger partial charge in [-0.3, -0.25) is 14.4 Å². The maximum Gasteiger partial charge on any atom is 0.193 e. The predicted molar refractivity (Wildman–Crippen MR) is 246 cm³/mol. The van der Waals surface area contributed by atoms with E-state index in [1.807, 2.05) is 107 Å². The highest BCUT2D eigenvalue weighted by atomic mass is 35.5. The number of rotatable bonds is 14. The number of Topliss-reactive ketones (excluding diaryl/α,β-unsaturated/α-hetero) is 2. The van der Waals surface area contributed by atoms with E-state index in [0.717, 1.165) is 33.4 Å². The van der Waals surface area contributed by atoms with Crippen LogP contribution in [0, 0.1) is 0 Å². The first kappa shape index (κ1) is 42.1. The van der Waals surface area contributed by atoms with Gasteiger partial charge in [0.2, 0.25) is 0 Å². The monoisotopic (exact) mass is 856 g/mol. The number of hydrogen-bond donors (Lipinski definition) is 2. The highest BCUT2D eigenvalue weighted by Crippen LogP contribution is 2.44. The zero-order valence-corrected chi connectivity index (χ0v) is 35.1. The van der Waals surface area contributed by atoms with Crippen molar-refractivity contribution in [1.82, 2.24) is 9.80 Å². The Morgan fingerprint density at radius 1 is 0.419 bits per heavy atom. The molecule has 8 rings (SSSR count). The zero-order valence-electron chi connectivity index (χ0n) is 33.6. The average Bonchev–Trinajstić information content (AvgIpc) is 3.32. The van der Waals surface area contributed by atoms with Crippen LogP contribution in [0.15, 0.2) is 194 Å². The number of ketones is 3. The van der Waals surface area contributed by atoms with Gasteiger partial charge < -0.3 is 20.0 Å². The van der Waals surface area contributed by atoms with E-state index < -0.39 is 11.8 Å². The van der Waals surface area contributed by atoms with Crippen LogP contribution >= 0.6 is 23.2 Å². The molecular formula is C53H42Cl2N2O5. The van der Waals surface area contributed by atoms with Crippen LogP contribution in [0.4, 0.5) is 0 Å².